The second-order valence-electron chi connectivity index (χ2n) is 5.45. The first-order valence-electron chi connectivity index (χ1n) is 7.22. The second-order valence-corrected chi connectivity index (χ2v) is 7.71. The molecule has 1 saturated heterocycles. The summed E-state index contributed by atoms with van der Waals surface area (Å²) < 4.78 is 25.2. The number of carbonyl (C=O) groups is 1. The smallest absolute Gasteiger partial charge is 0.335 e. The maximum atomic E-state index is 11.8. The Morgan fingerprint density at radius 1 is 1.33 bits per heavy atom. The third kappa shape index (κ3) is 4.04. The van der Waals surface area contributed by atoms with Crippen LogP contribution in [0, 0.1) is 5.92 Å². The third-order valence-electron chi connectivity index (χ3n) is 4.03. The summed E-state index contributed by atoms with van der Waals surface area (Å²) in [7, 11) is -3.08. The van der Waals surface area contributed by atoms with Gasteiger partial charge in [-0.2, -0.15) is 0 Å². The van der Waals surface area contributed by atoms with E-state index in [-0.39, 0.29) is 5.75 Å². The third-order valence-corrected chi connectivity index (χ3v) is 5.91. The van der Waals surface area contributed by atoms with Gasteiger partial charge in [-0.15, -0.1) is 0 Å². The largest absolute Gasteiger partial charge is 0.478 e. The fourth-order valence-electron chi connectivity index (χ4n) is 2.74. The molecule has 1 aromatic rings. The van der Waals surface area contributed by atoms with Gasteiger partial charge in [0.25, 0.3) is 0 Å². The van der Waals surface area contributed by atoms with Crippen LogP contribution in [0.2, 0.25) is 0 Å². The maximum Gasteiger partial charge on any atom is 0.335 e. The Morgan fingerprint density at radius 3 is 2.57 bits per heavy atom. The van der Waals surface area contributed by atoms with E-state index in [2.05, 4.69) is 0 Å². The fourth-order valence-corrected chi connectivity index (χ4v) is 3.87. The van der Waals surface area contributed by atoms with Crippen molar-refractivity contribution in [3.05, 3.63) is 35.4 Å². The van der Waals surface area contributed by atoms with E-state index in [0.717, 1.165) is 24.8 Å². The van der Waals surface area contributed by atoms with Gasteiger partial charge in [0.1, 0.15) is 0 Å². The van der Waals surface area contributed by atoms with Crippen LogP contribution < -0.4 is 0 Å². The molecule has 0 radical (unpaired) electrons. The Bertz CT molecular complexity index is 604. The van der Waals surface area contributed by atoms with Gasteiger partial charge in [0, 0.05) is 13.1 Å². The Kier molecular flexibility index (Phi) is 5.00. The molecule has 1 N–H and O–H groups in total. The van der Waals surface area contributed by atoms with Crippen molar-refractivity contribution in [3.63, 3.8) is 0 Å². The van der Waals surface area contributed by atoms with Crippen molar-refractivity contribution in [2.75, 3.05) is 18.8 Å². The standard InChI is InChI=1S/C15H21NO4S/c1-2-21(19,20)16-8-6-12(7-9-16)10-13-4-3-5-14(11-13)15(17)18/h3-5,11-12H,2,6-10H2,1H3,(H,17,18). The number of carboxylic acids is 1. The van der Waals surface area contributed by atoms with Crippen LogP contribution in [-0.2, 0) is 16.4 Å². The number of carboxylic acid groups (broad SMARTS) is 1. The topological polar surface area (TPSA) is 74.7 Å². The first kappa shape index (κ1) is 16.0. The zero-order valence-electron chi connectivity index (χ0n) is 12.2. The lowest BCUT2D eigenvalue weighted by Crippen LogP contribution is -2.39. The average Bonchev–Trinajstić information content (AvgIpc) is 2.48. The van der Waals surface area contributed by atoms with Crippen molar-refractivity contribution >= 4 is 16.0 Å². The summed E-state index contributed by atoms with van der Waals surface area (Å²) in [6.45, 7) is 2.80. The van der Waals surface area contributed by atoms with Crippen LogP contribution in [0.1, 0.15) is 35.7 Å². The molecule has 0 aromatic heterocycles. The van der Waals surface area contributed by atoms with Crippen LogP contribution in [0.3, 0.4) is 0 Å². The predicted octanol–water partition coefficient (Wildman–Crippen LogP) is 1.99. The summed E-state index contributed by atoms with van der Waals surface area (Å²) in [6.07, 6.45) is 2.47. The molecule has 5 nitrogen and oxygen atoms in total. The molecular weight excluding hydrogens is 290 g/mol. The molecular formula is C15H21NO4S. The summed E-state index contributed by atoms with van der Waals surface area (Å²) in [4.78, 5) is 11.0. The number of nitrogens with zero attached hydrogens (tertiary/aromatic N) is 1. The van der Waals surface area contributed by atoms with Gasteiger partial charge in [-0.25, -0.2) is 17.5 Å². The summed E-state index contributed by atoms with van der Waals surface area (Å²) in [5.74, 6) is -0.351. The normalized spacial score (nSPS) is 17.8. The highest BCUT2D eigenvalue weighted by atomic mass is 32.2. The van der Waals surface area contributed by atoms with Gasteiger partial charge in [0.05, 0.1) is 11.3 Å². The van der Waals surface area contributed by atoms with Crippen LogP contribution in [0.5, 0.6) is 0 Å². The Labute approximate surface area is 125 Å². The molecule has 1 aliphatic heterocycles. The van der Waals surface area contributed by atoms with Crippen molar-refractivity contribution in [1.82, 2.24) is 4.31 Å². The monoisotopic (exact) mass is 311 g/mol. The average molecular weight is 311 g/mol. The van der Waals surface area contributed by atoms with E-state index in [1.165, 1.54) is 0 Å². The summed E-state index contributed by atoms with van der Waals surface area (Å²) in [6, 6.07) is 6.98. The number of benzene rings is 1. The van der Waals surface area contributed by atoms with Crippen LogP contribution in [-0.4, -0.2) is 42.6 Å². The van der Waals surface area contributed by atoms with E-state index in [9.17, 15) is 13.2 Å². The minimum atomic E-state index is -3.08. The van der Waals surface area contributed by atoms with E-state index in [0.29, 0.717) is 24.6 Å². The lowest BCUT2D eigenvalue weighted by Gasteiger charge is -2.31. The molecule has 6 heteroatoms. The Hall–Kier alpha value is -1.40. The number of hydrogen-bond donors (Lipinski definition) is 1. The zero-order chi connectivity index (χ0) is 15.5. The number of hydrogen-bond acceptors (Lipinski definition) is 3. The number of aromatic carboxylic acids is 1. The highest BCUT2D eigenvalue weighted by Gasteiger charge is 2.26. The van der Waals surface area contributed by atoms with E-state index in [4.69, 9.17) is 5.11 Å². The van der Waals surface area contributed by atoms with Crippen molar-refractivity contribution in [2.24, 2.45) is 5.92 Å². The molecule has 0 unspecified atom stereocenters. The lowest BCUT2D eigenvalue weighted by molar-refractivity contribution is 0.0696. The van der Waals surface area contributed by atoms with E-state index >= 15 is 0 Å². The highest BCUT2D eigenvalue weighted by Crippen LogP contribution is 2.23. The second kappa shape index (κ2) is 6.58. The molecule has 1 aliphatic rings. The molecule has 0 aliphatic carbocycles. The number of sulfonamides is 1. The molecule has 2 rings (SSSR count). The van der Waals surface area contributed by atoms with Gasteiger partial charge in [-0.1, -0.05) is 12.1 Å². The van der Waals surface area contributed by atoms with E-state index in [1.54, 1.807) is 29.4 Å². The quantitative estimate of drug-likeness (QED) is 0.902. The molecule has 0 spiro atoms. The van der Waals surface area contributed by atoms with Gasteiger partial charge in [-0.3, -0.25) is 0 Å². The van der Waals surface area contributed by atoms with Crippen molar-refractivity contribution in [2.45, 2.75) is 26.2 Å². The number of rotatable bonds is 5. The SMILES string of the molecule is CCS(=O)(=O)N1CCC(Cc2cccc(C(=O)O)c2)CC1. The minimum Gasteiger partial charge on any atom is -0.478 e. The molecule has 21 heavy (non-hydrogen) atoms. The Balaban J connectivity index is 1.95. The van der Waals surface area contributed by atoms with E-state index in [1.807, 2.05) is 6.07 Å². The van der Waals surface area contributed by atoms with Gasteiger partial charge in [-0.05, 0) is 49.8 Å². The van der Waals surface area contributed by atoms with Gasteiger partial charge < -0.3 is 5.11 Å². The predicted molar refractivity (Wildman–Crippen MR) is 80.9 cm³/mol. The van der Waals surface area contributed by atoms with Crippen molar-refractivity contribution < 1.29 is 18.3 Å². The van der Waals surface area contributed by atoms with Crippen LogP contribution >= 0.6 is 0 Å². The van der Waals surface area contributed by atoms with E-state index < -0.39 is 16.0 Å². The van der Waals surface area contributed by atoms with Gasteiger partial charge in [0.15, 0.2) is 0 Å². The summed E-state index contributed by atoms with van der Waals surface area (Å²) in [5, 5.41) is 8.99. The zero-order valence-corrected chi connectivity index (χ0v) is 13.0. The van der Waals surface area contributed by atoms with Crippen LogP contribution in [0.15, 0.2) is 24.3 Å². The van der Waals surface area contributed by atoms with Crippen molar-refractivity contribution in [3.8, 4) is 0 Å². The molecule has 0 bridgehead atoms. The maximum absolute atomic E-state index is 11.8. The summed E-state index contributed by atoms with van der Waals surface area (Å²) >= 11 is 0. The molecule has 116 valence electrons. The fraction of sp³-hybridized carbons (Fsp3) is 0.533. The number of piperidine rings is 1. The molecule has 1 heterocycles. The van der Waals surface area contributed by atoms with Crippen LogP contribution in [0.25, 0.3) is 0 Å². The molecule has 1 fully saturated rings. The minimum absolute atomic E-state index is 0.151. The highest BCUT2D eigenvalue weighted by molar-refractivity contribution is 7.89. The first-order valence-corrected chi connectivity index (χ1v) is 8.83. The van der Waals surface area contributed by atoms with Crippen LogP contribution in [0.4, 0.5) is 0 Å². The summed E-state index contributed by atoms with van der Waals surface area (Å²) in [5.41, 5.74) is 1.31. The lowest BCUT2D eigenvalue weighted by atomic mass is 9.90. The molecule has 0 atom stereocenters. The van der Waals surface area contributed by atoms with Gasteiger partial charge in [0.2, 0.25) is 10.0 Å². The van der Waals surface area contributed by atoms with Gasteiger partial charge >= 0.3 is 5.97 Å². The molecule has 0 saturated carbocycles. The Morgan fingerprint density at radius 2 is 2.00 bits per heavy atom. The first-order chi connectivity index (χ1) is 9.92. The molecule has 1 aromatic carbocycles. The van der Waals surface area contributed by atoms with Crippen molar-refractivity contribution in [1.29, 1.82) is 0 Å². The molecule has 0 amide bonds.